The summed E-state index contributed by atoms with van der Waals surface area (Å²) >= 11 is 5.64. The number of sulfonamides is 1. The zero-order valence-corrected chi connectivity index (χ0v) is 14.8. The summed E-state index contributed by atoms with van der Waals surface area (Å²) in [5.74, 6) is -0.404. The highest BCUT2D eigenvalue weighted by atomic mass is 35.5. The van der Waals surface area contributed by atoms with E-state index in [1.165, 1.54) is 18.2 Å². The molecule has 1 aromatic rings. The Hall–Kier alpha value is -0.730. The summed E-state index contributed by atoms with van der Waals surface area (Å²) in [6.45, 7) is 7.36. The zero-order valence-electron chi connectivity index (χ0n) is 13.3. The van der Waals surface area contributed by atoms with Crippen molar-refractivity contribution in [1.29, 1.82) is 0 Å². The number of ether oxygens (including phenoxy) is 1. The first-order valence-corrected chi connectivity index (χ1v) is 9.43. The second-order valence-electron chi connectivity index (χ2n) is 6.05. The van der Waals surface area contributed by atoms with Crippen LogP contribution in [0.4, 0.5) is 4.39 Å². The average Bonchev–Trinajstić information content (AvgIpc) is 2.48. The molecular weight excluding hydrogens is 343 g/mol. The molecule has 130 valence electrons. The fraction of sp³-hybridized carbons (Fsp3) is 0.600. The molecule has 1 N–H and O–H groups in total. The van der Waals surface area contributed by atoms with Crippen LogP contribution < -0.4 is 4.72 Å². The Morgan fingerprint density at radius 1 is 1.48 bits per heavy atom. The first-order chi connectivity index (χ1) is 10.8. The molecule has 1 aliphatic rings. The lowest BCUT2D eigenvalue weighted by Gasteiger charge is -2.33. The molecule has 1 unspecified atom stereocenters. The predicted octanol–water partition coefficient (Wildman–Crippen LogP) is 2.11. The lowest BCUT2D eigenvalue weighted by Crippen LogP contribution is -2.48. The topological polar surface area (TPSA) is 58.6 Å². The van der Waals surface area contributed by atoms with Crippen LogP contribution in [0.2, 0.25) is 5.02 Å². The van der Waals surface area contributed by atoms with Crippen molar-refractivity contribution in [3.63, 3.8) is 0 Å². The largest absolute Gasteiger partial charge is 0.374 e. The molecule has 1 heterocycles. The van der Waals surface area contributed by atoms with Gasteiger partial charge in [0.05, 0.1) is 17.7 Å². The molecule has 23 heavy (non-hydrogen) atoms. The third-order valence-electron chi connectivity index (χ3n) is 3.55. The highest BCUT2D eigenvalue weighted by Gasteiger charge is 2.25. The van der Waals surface area contributed by atoms with Crippen molar-refractivity contribution in [2.75, 3.05) is 32.8 Å². The molecule has 1 aliphatic heterocycles. The van der Waals surface area contributed by atoms with Crippen molar-refractivity contribution >= 4 is 21.6 Å². The van der Waals surface area contributed by atoms with Crippen molar-refractivity contribution in [3.05, 3.63) is 29.0 Å². The van der Waals surface area contributed by atoms with Crippen LogP contribution in [0, 0.1) is 11.7 Å². The summed E-state index contributed by atoms with van der Waals surface area (Å²) in [5, 5.41) is -0.218. The van der Waals surface area contributed by atoms with Gasteiger partial charge in [0.2, 0.25) is 10.0 Å². The highest BCUT2D eigenvalue weighted by Crippen LogP contribution is 2.21. The van der Waals surface area contributed by atoms with Crippen LogP contribution in [0.15, 0.2) is 23.1 Å². The van der Waals surface area contributed by atoms with E-state index in [9.17, 15) is 12.8 Å². The summed E-state index contributed by atoms with van der Waals surface area (Å²) < 4.78 is 46.3. The van der Waals surface area contributed by atoms with Crippen molar-refractivity contribution in [2.24, 2.45) is 5.92 Å². The minimum Gasteiger partial charge on any atom is -0.374 e. The van der Waals surface area contributed by atoms with Gasteiger partial charge in [-0.1, -0.05) is 31.5 Å². The van der Waals surface area contributed by atoms with Gasteiger partial charge in [0.25, 0.3) is 0 Å². The normalized spacial score (nSPS) is 20.1. The smallest absolute Gasteiger partial charge is 0.243 e. The Bertz CT molecular complexity index is 640. The van der Waals surface area contributed by atoms with Crippen LogP contribution in [0.25, 0.3) is 0 Å². The molecule has 5 nitrogen and oxygen atoms in total. The molecule has 0 spiro atoms. The molecule has 8 heteroatoms. The number of hydrogen-bond donors (Lipinski definition) is 1. The highest BCUT2D eigenvalue weighted by molar-refractivity contribution is 7.89. The molecule has 1 atom stereocenters. The van der Waals surface area contributed by atoms with Gasteiger partial charge in [-0.3, -0.25) is 4.90 Å². The first kappa shape index (κ1) is 18.6. The molecule has 0 bridgehead atoms. The van der Waals surface area contributed by atoms with Crippen LogP contribution in [0.1, 0.15) is 13.8 Å². The van der Waals surface area contributed by atoms with E-state index in [4.69, 9.17) is 16.3 Å². The summed E-state index contributed by atoms with van der Waals surface area (Å²) in [5.41, 5.74) is 0. The average molecular weight is 365 g/mol. The molecule has 1 saturated heterocycles. The Labute approximate surface area is 141 Å². The van der Waals surface area contributed by atoms with Gasteiger partial charge in [-0.25, -0.2) is 17.5 Å². The van der Waals surface area contributed by atoms with Gasteiger partial charge in [-0.15, -0.1) is 0 Å². The summed E-state index contributed by atoms with van der Waals surface area (Å²) in [7, 11) is -3.96. The van der Waals surface area contributed by atoms with Gasteiger partial charge in [0.15, 0.2) is 5.82 Å². The molecule has 0 aromatic heterocycles. The minimum absolute atomic E-state index is 0.100. The first-order valence-electron chi connectivity index (χ1n) is 7.57. The number of nitrogens with zero attached hydrogens (tertiary/aromatic N) is 1. The van der Waals surface area contributed by atoms with E-state index in [2.05, 4.69) is 23.5 Å². The van der Waals surface area contributed by atoms with Gasteiger partial charge in [0, 0.05) is 26.2 Å². The summed E-state index contributed by atoms with van der Waals surface area (Å²) in [6.07, 6.45) is -0.250. The lowest BCUT2D eigenvalue weighted by molar-refractivity contribution is -0.0280. The minimum atomic E-state index is -3.96. The maximum Gasteiger partial charge on any atom is 0.243 e. The maximum atomic E-state index is 13.9. The van der Waals surface area contributed by atoms with Crippen LogP contribution in [-0.2, 0) is 14.8 Å². The summed E-state index contributed by atoms with van der Waals surface area (Å²) in [4.78, 5) is 1.80. The Balaban J connectivity index is 1.98. The molecule has 0 amide bonds. The van der Waals surface area contributed by atoms with Crippen molar-refractivity contribution in [2.45, 2.75) is 24.8 Å². The fourth-order valence-corrected chi connectivity index (χ4v) is 3.95. The number of nitrogens with one attached hydrogen (secondary N) is 1. The predicted molar refractivity (Wildman–Crippen MR) is 87.6 cm³/mol. The lowest BCUT2D eigenvalue weighted by atomic mass is 10.2. The third kappa shape index (κ3) is 5.12. The van der Waals surface area contributed by atoms with E-state index >= 15 is 0 Å². The fourth-order valence-electron chi connectivity index (χ4n) is 2.56. The van der Waals surface area contributed by atoms with Crippen LogP contribution in [0.3, 0.4) is 0 Å². The number of halogens is 2. The van der Waals surface area contributed by atoms with Crippen molar-refractivity contribution < 1.29 is 17.5 Å². The van der Waals surface area contributed by atoms with Gasteiger partial charge in [-0.2, -0.15) is 0 Å². The molecule has 0 aliphatic carbocycles. The van der Waals surface area contributed by atoms with Gasteiger partial charge >= 0.3 is 0 Å². The van der Waals surface area contributed by atoms with Crippen LogP contribution >= 0.6 is 11.6 Å². The quantitative estimate of drug-likeness (QED) is 0.840. The van der Waals surface area contributed by atoms with Crippen molar-refractivity contribution in [3.8, 4) is 0 Å². The van der Waals surface area contributed by atoms with Gasteiger partial charge in [0.1, 0.15) is 4.90 Å². The standard InChI is InChI=1S/C15H22ClFN2O3S/c1-11(2)9-19-6-7-22-12(10-19)8-18-23(20,21)14-5-3-4-13(16)15(14)17/h3-5,11-12,18H,6-10H2,1-2H3. The van der Waals surface area contributed by atoms with E-state index in [0.29, 0.717) is 19.1 Å². The molecule has 0 radical (unpaired) electrons. The monoisotopic (exact) mass is 364 g/mol. The van der Waals surface area contributed by atoms with E-state index < -0.39 is 20.7 Å². The summed E-state index contributed by atoms with van der Waals surface area (Å²) in [6, 6.07) is 3.90. The molecule has 1 fully saturated rings. The molecule has 1 aromatic carbocycles. The number of rotatable bonds is 6. The number of hydrogen-bond acceptors (Lipinski definition) is 4. The van der Waals surface area contributed by atoms with Gasteiger partial charge < -0.3 is 4.74 Å². The van der Waals surface area contributed by atoms with Gasteiger partial charge in [-0.05, 0) is 18.1 Å². The molecule has 0 saturated carbocycles. The second-order valence-corrected chi connectivity index (χ2v) is 8.19. The van der Waals surface area contributed by atoms with E-state index in [1.807, 2.05) is 0 Å². The maximum absolute atomic E-state index is 13.9. The van der Waals surface area contributed by atoms with Crippen molar-refractivity contribution in [1.82, 2.24) is 9.62 Å². The van der Waals surface area contributed by atoms with E-state index in [0.717, 1.165) is 13.1 Å². The molecule has 2 rings (SSSR count). The van der Waals surface area contributed by atoms with E-state index in [1.54, 1.807) is 0 Å². The van der Waals surface area contributed by atoms with Crippen LogP contribution in [-0.4, -0.2) is 52.2 Å². The molecular formula is C15H22ClFN2O3S. The third-order valence-corrected chi connectivity index (χ3v) is 5.29. The number of morpholine rings is 1. The Morgan fingerprint density at radius 2 is 2.22 bits per heavy atom. The second kappa shape index (κ2) is 7.90. The Kier molecular flexibility index (Phi) is 6.39. The zero-order chi connectivity index (χ0) is 17.0. The van der Waals surface area contributed by atoms with E-state index in [-0.39, 0.29) is 17.7 Å². The number of benzene rings is 1. The Morgan fingerprint density at radius 3 is 2.91 bits per heavy atom. The van der Waals surface area contributed by atoms with Crippen LogP contribution in [0.5, 0.6) is 0 Å². The SMILES string of the molecule is CC(C)CN1CCOC(CNS(=O)(=O)c2cccc(Cl)c2F)C1.